The normalized spacial score (nSPS) is 16.2. The van der Waals surface area contributed by atoms with Crippen LogP contribution in [-0.4, -0.2) is 31.2 Å². The van der Waals surface area contributed by atoms with E-state index in [0.29, 0.717) is 32.0 Å². The van der Waals surface area contributed by atoms with E-state index in [1.807, 2.05) is 17.0 Å². The van der Waals surface area contributed by atoms with Gasteiger partial charge in [-0.05, 0) is 34.7 Å². The van der Waals surface area contributed by atoms with Crippen LogP contribution in [0.15, 0.2) is 18.2 Å². The van der Waals surface area contributed by atoms with Crippen molar-refractivity contribution in [1.29, 1.82) is 0 Å². The van der Waals surface area contributed by atoms with Crippen molar-refractivity contribution in [3.05, 3.63) is 31.9 Å². The summed E-state index contributed by atoms with van der Waals surface area (Å²) in [6.45, 7) is 2.68. The first-order valence-corrected chi connectivity index (χ1v) is 6.03. The molecule has 6 heteroatoms. The summed E-state index contributed by atoms with van der Waals surface area (Å²) >= 11 is 2.08. The van der Waals surface area contributed by atoms with Gasteiger partial charge in [0, 0.05) is 22.7 Å². The fourth-order valence-electron chi connectivity index (χ4n) is 1.71. The standard InChI is InChI=1S/C10H11IN2O3/c11-8-1-2-9(10(7-8)13(14)15)12-3-5-16-6-4-12/h1-2,7H,3-6H2. The predicted molar refractivity (Wildman–Crippen MR) is 68.8 cm³/mol. The van der Waals surface area contributed by atoms with Crippen molar-refractivity contribution >= 4 is 34.0 Å². The van der Waals surface area contributed by atoms with Crippen molar-refractivity contribution < 1.29 is 9.66 Å². The molecule has 0 saturated carbocycles. The topological polar surface area (TPSA) is 55.6 Å². The fourth-order valence-corrected chi connectivity index (χ4v) is 2.19. The van der Waals surface area contributed by atoms with Crippen LogP contribution in [0.2, 0.25) is 0 Å². The van der Waals surface area contributed by atoms with Gasteiger partial charge in [0.05, 0.1) is 18.1 Å². The molecule has 1 saturated heterocycles. The lowest BCUT2D eigenvalue weighted by Gasteiger charge is -2.28. The zero-order valence-corrected chi connectivity index (χ0v) is 10.7. The molecule has 0 amide bonds. The lowest BCUT2D eigenvalue weighted by Crippen LogP contribution is -2.36. The van der Waals surface area contributed by atoms with Gasteiger partial charge in [-0.15, -0.1) is 0 Å². The highest BCUT2D eigenvalue weighted by atomic mass is 127. The zero-order valence-electron chi connectivity index (χ0n) is 8.56. The van der Waals surface area contributed by atoms with Gasteiger partial charge in [-0.3, -0.25) is 10.1 Å². The van der Waals surface area contributed by atoms with Crippen LogP contribution in [0.3, 0.4) is 0 Å². The molecule has 1 fully saturated rings. The highest BCUT2D eigenvalue weighted by Crippen LogP contribution is 2.30. The average Bonchev–Trinajstić information content (AvgIpc) is 2.30. The van der Waals surface area contributed by atoms with Gasteiger partial charge < -0.3 is 9.64 Å². The molecule has 16 heavy (non-hydrogen) atoms. The molecule has 0 radical (unpaired) electrons. The van der Waals surface area contributed by atoms with E-state index < -0.39 is 0 Å². The summed E-state index contributed by atoms with van der Waals surface area (Å²) in [4.78, 5) is 12.6. The molecule has 0 atom stereocenters. The van der Waals surface area contributed by atoms with Crippen molar-refractivity contribution in [2.24, 2.45) is 0 Å². The van der Waals surface area contributed by atoms with Crippen LogP contribution in [0.25, 0.3) is 0 Å². The maximum absolute atomic E-state index is 11.0. The number of ether oxygens (including phenoxy) is 1. The lowest BCUT2D eigenvalue weighted by atomic mass is 10.2. The van der Waals surface area contributed by atoms with Gasteiger partial charge in [0.15, 0.2) is 0 Å². The molecule has 2 rings (SSSR count). The third-order valence-corrected chi connectivity index (χ3v) is 3.16. The summed E-state index contributed by atoms with van der Waals surface area (Å²) in [5.41, 5.74) is 0.863. The second kappa shape index (κ2) is 4.96. The Balaban J connectivity index is 2.34. The van der Waals surface area contributed by atoms with E-state index >= 15 is 0 Å². The first-order chi connectivity index (χ1) is 7.68. The first-order valence-electron chi connectivity index (χ1n) is 4.95. The summed E-state index contributed by atoms with van der Waals surface area (Å²) in [5, 5.41) is 11.0. The van der Waals surface area contributed by atoms with Gasteiger partial charge in [-0.25, -0.2) is 0 Å². The van der Waals surface area contributed by atoms with E-state index in [1.54, 1.807) is 6.07 Å². The average molecular weight is 334 g/mol. The van der Waals surface area contributed by atoms with Crippen LogP contribution < -0.4 is 4.90 Å². The Morgan fingerprint density at radius 2 is 2.06 bits per heavy atom. The number of nitro benzene ring substituents is 1. The molecule has 1 aliphatic heterocycles. The summed E-state index contributed by atoms with van der Waals surface area (Å²) < 4.78 is 6.11. The van der Waals surface area contributed by atoms with E-state index in [1.165, 1.54) is 0 Å². The van der Waals surface area contributed by atoms with Crippen molar-refractivity contribution in [3.8, 4) is 0 Å². The molecule has 0 unspecified atom stereocenters. The number of anilines is 1. The Morgan fingerprint density at radius 1 is 1.38 bits per heavy atom. The van der Waals surface area contributed by atoms with Crippen LogP contribution in [-0.2, 0) is 4.74 Å². The number of morpholine rings is 1. The number of hydrogen-bond acceptors (Lipinski definition) is 4. The Kier molecular flexibility index (Phi) is 3.59. The molecule has 0 bridgehead atoms. The first kappa shape index (κ1) is 11.6. The number of halogens is 1. The molecule has 0 aromatic heterocycles. The smallest absolute Gasteiger partial charge is 0.293 e. The number of hydrogen-bond donors (Lipinski definition) is 0. The van der Waals surface area contributed by atoms with Gasteiger partial charge >= 0.3 is 0 Å². The maximum atomic E-state index is 11.0. The Morgan fingerprint density at radius 3 is 2.69 bits per heavy atom. The minimum atomic E-state index is -0.326. The number of nitrogens with zero attached hydrogens (tertiary/aromatic N) is 2. The van der Waals surface area contributed by atoms with Gasteiger partial charge in [-0.2, -0.15) is 0 Å². The maximum Gasteiger partial charge on any atom is 0.293 e. The molecule has 0 aliphatic carbocycles. The monoisotopic (exact) mass is 334 g/mol. The number of rotatable bonds is 2. The Labute approximate surface area is 107 Å². The number of benzene rings is 1. The summed E-state index contributed by atoms with van der Waals surface area (Å²) in [7, 11) is 0. The molecule has 1 aromatic carbocycles. The zero-order chi connectivity index (χ0) is 11.5. The van der Waals surface area contributed by atoms with Crippen molar-refractivity contribution in [2.75, 3.05) is 31.2 Å². The molecule has 1 heterocycles. The molecular weight excluding hydrogens is 323 g/mol. The Hall–Kier alpha value is -0.890. The van der Waals surface area contributed by atoms with Gasteiger partial charge in [0.25, 0.3) is 5.69 Å². The molecule has 0 spiro atoms. The SMILES string of the molecule is O=[N+]([O-])c1cc(I)ccc1N1CCOCC1. The second-order valence-corrected chi connectivity index (χ2v) is 4.74. The molecular formula is C10H11IN2O3. The predicted octanol–water partition coefficient (Wildman–Crippen LogP) is 2.04. The van der Waals surface area contributed by atoms with Gasteiger partial charge in [-0.1, -0.05) is 0 Å². The van der Waals surface area contributed by atoms with Crippen molar-refractivity contribution in [1.82, 2.24) is 0 Å². The number of nitro groups is 1. The quantitative estimate of drug-likeness (QED) is 0.472. The van der Waals surface area contributed by atoms with Crippen molar-refractivity contribution in [3.63, 3.8) is 0 Å². The van der Waals surface area contributed by atoms with Crippen molar-refractivity contribution in [2.45, 2.75) is 0 Å². The largest absolute Gasteiger partial charge is 0.378 e. The van der Waals surface area contributed by atoms with E-state index in [0.717, 1.165) is 3.57 Å². The highest BCUT2D eigenvalue weighted by Gasteiger charge is 2.21. The Bertz CT molecular complexity index is 405. The lowest BCUT2D eigenvalue weighted by molar-refractivity contribution is -0.384. The minimum Gasteiger partial charge on any atom is -0.378 e. The third kappa shape index (κ3) is 2.43. The summed E-state index contributed by atoms with van der Waals surface area (Å²) in [5.74, 6) is 0. The second-order valence-electron chi connectivity index (χ2n) is 3.49. The van der Waals surface area contributed by atoms with Crippen LogP contribution in [0.4, 0.5) is 11.4 Å². The molecule has 0 N–H and O–H groups in total. The van der Waals surface area contributed by atoms with E-state index in [4.69, 9.17) is 4.74 Å². The van der Waals surface area contributed by atoms with E-state index in [-0.39, 0.29) is 10.6 Å². The summed E-state index contributed by atoms with van der Waals surface area (Å²) in [6, 6.07) is 5.30. The fraction of sp³-hybridized carbons (Fsp3) is 0.400. The molecule has 5 nitrogen and oxygen atoms in total. The van der Waals surface area contributed by atoms with Crippen LogP contribution >= 0.6 is 22.6 Å². The molecule has 86 valence electrons. The highest BCUT2D eigenvalue weighted by molar-refractivity contribution is 14.1. The van der Waals surface area contributed by atoms with Gasteiger partial charge in [0.2, 0.25) is 0 Å². The molecule has 1 aromatic rings. The third-order valence-electron chi connectivity index (χ3n) is 2.49. The minimum absolute atomic E-state index is 0.175. The van der Waals surface area contributed by atoms with Crippen LogP contribution in [0.5, 0.6) is 0 Å². The van der Waals surface area contributed by atoms with E-state index in [2.05, 4.69) is 22.6 Å². The summed E-state index contributed by atoms with van der Waals surface area (Å²) in [6.07, 6.45) is 0. The molecule has 1 aliphatic rings. The van der Waals surface area contributed by atoms with E-state index in [9.17, 15) is 10.1 Å². The van der Waals surface area contributed by atoms with Crippen LogP contribution in [0.1, 0.15) is 0 Å². The van der Waals surface area contributed by atoms with Crippen LogP contribution in [0, 0.1) is 13.7 Å². The van der Waals surface area contributed by atoms with Gasteiger partial charge in [0.1, 0.15) is 5.69 Å².